The number of carboxylic acid groups (broad SMARTS) is 1. The first-order valence-electron chi connectivity index (χ1n) is 8.94. The Morgan fingerprint density at radius 2 is 2.14 bits per heavy atom. The lowest BCUT2D eigenvalue weighted by atomic mass is 9.90. The number of nitrogens with one attached hydrogen (secondary N) is 1. The van der Waals surface area contributed by atoms with Crippen LogP contribution in [0.2, 0.25) is 0 Å². The Balaban J connectivity index is 0.00000280. The van der Waals surface area contributed by atoms with Gasteiger partial charge < -0.3 is 21.1 Å². The van der Waals surface area contributed by atoms with Crippen molar-refractivity contribution in [3.05, 3.63) is 30.0 Å². The first kappa shape index (κ1) is 21.6. The zero-order valence-electron chi connectivity index (χ0n) is 15.8. The van der Waals surface area contributed by atoms with Crippen LogP contribution in [0, 0.1) is 0 Å². The van der Waals surface area contributed by atoms with E-state index in [1.54, 1.807) is 9.58 Å². The quantitative estimate of drug-likeness (QED) is 0.695. The standard InChI is InChI=1S/C18H24N6O3.ClH/c1-11-8-15(20-18(26)27)14-9-13(4-5-17(14)24(11)12(2)25)16-10-23(22-21-16)7-3-6-19;/h4-5,9-11,15,20H,3,6-8,19H2,1-2H3,(H,26,27);1H/t11-,15+;/m0./s1. The average Bonchev–Trinajstić information content (AvgIpc) is 3.07. The fraction of sp³-hybridized carbons (Fsp3) is 0.444. The molecule has 1 aliphatic rings. The van der Waals surface area contributed by atoms with Crippen LogP contribution in [0.1, 0.15) is 38.3 Å². The highest BCUT2D eigenvalue weighted by Crippen LogP contribution is 2.39. The Bertz CT molecular complexity index is 856. The van der Waals surface area contributed by atoms with Crippen molar-refractivity contribution in [3.63, 3.8) is 0 Å². The summed E-state index contributed by atoms with van der Waals surface area (Å²) in [7, 11) is 0. The van der Waals surface area contributed by atoms with E-state index in [9.17, 15) is 14.7 Å². The normalized spacial score (nSPS) is 18.2. The van der Waals surface area contributed by atoms with Crippen LogP contribution in [-0.4, -0.2) is 44.7 Å². The van der Waals surface area contributed by atoms with Gasteiger partial charge >= 0.3 is 6.09 Å². The van der Waals surface area contributed by atoms with Crippen molar-refractivity contribution >= 4 is 30.1 Å². The molecule has 2 amide bonds. The van der Waals surface area contributed by atoms with Gasteiger partial charge in [-0.25, -0.2) is 4.79 Å². The highest BCUT2D eigenvalue weighted by Gasteiger charge is 2.33. The van der Waals surface area contributed by atoms with Crippen LogP contribution < -0.4 is 16.0 Å². The maximum Gasteiger partial charge on any atom is 0.405 e. The summed E-state index contributed by atoms with van der Waals surface area (Å²) in [5.74, 6) is -0.0713. The zero-order valence-corrected chi connectivity index (χ0v) is 16.6. The molecule has 0 fully saturated rings. The van der Waals surface area contributed by atoms with Gasteiger partial charge in [-0.3, -0.25) is 9.48 Å². The van der Waals surface area contributed by atoms with Crippen molar-refractivity contribution < 1.29 is 14.7 Å². The van der Waals surface area contributed by atoms with Crippen molar-refractivity contribution in [3.8, 4) is 11.3 Å². The van der Waals surface area contributed by atoms with E-state index in [2.05, 4.69) is 15.6 Å². The van der Waals surface area contributed by atoms with Crippen LogP contribution in [0.3, 0.4) is 0 Å². The minimum Gasteiger partial charge on any atom is -0.465 e. The number of halogens is 1. The predicted octanol–water partition coefficient (Wildman–Crippen LogP) is 2.17. The minimum atomic E-state index is -1.09. The number of rotatable bonds is 5. The maximum atomic E-state index is 12.1. The van der Waals surface area contributed by atoms with Crippen molar-refractivity contribution in [2.75, 3.05) is 11.4 Å². The molecule has 10 heteroatoms. The molecule has 0 bridgehead atoms. The molecule has 0 aliphatic carbocycles. The van der Waals surface area contributed by atoms with E-state index in [1.807, 2.05) is 31.3 Å². The number of aromatic nitrogens is 3. The van der Waals surface area contributed by atoms with E-state index >= 15 is 0 Å². The molecule has 3 rings (SSSR count). The molecule has 2 atom stereocenters. The second-order valence-electron chi connectivity index (χ2n) is 6.76. The molecule has 152 valence electrons. The number of carbonyl (C=O) groups excluding carboxylic acids is 1. The van der Waals surface area contributed by atoms with Crippen LogP contribution in [0.4, 0.5) is 10.5 Å². The smallest absolute Gasteiger partial charge is 0.405 e. The third kappa shape index (κ3) is 4.42. The largest absolute Gasteiger partial charge is 0.465 e. The van der Waals surface area contributed by atoms with Gasteiger partial charge in [-0.2, -0.15) is 0 Å². The molecule has 9 nitrogen and oxygen atoms in total. The lowest BCUT2D eigenvalue weighted by Gasteiger charge is -2.39. The number of benzene rings is 1. The lowest BCUT2D eigenvalue weighted by Crippen LogP contribution is -2.45. The highest BCUT2D eigenvalue weighted by molar-refractivity contribution is 5.94. The highest BCUT2D eigenvalue weighted by atomic mass is 35.5. The topological polar surface area (TPSA) is 126 Å². The zero-order chi connectivity index (χ0) is 19.6. The number of aryl methyl sites for hydroxylation is 1. The van der Waals surface area contributed by atoms with Crippen LogP contribution in [0.25, 0.3) is 11.3 Å². The molecule has 0 radical (unpaired) electrons. The second-order valence-corrected chi connectivity index (χ2v) is 6.76. The fourth-order valence-corrected chi connectivity index (χ4v) is 3.58. The number of hydrogen-bond acceptors (Lipinski definition) is 5. The van der Waals surface area contributed by atoms with Crippen LogP contribution in [-0.2, 0) is 11.3 Å². The lowest BCUT2D eigenvalue weighted by molar-refractivity contribution is -0.117. The Morgan fingerprint density at radius 1 is 1.39 bits per heavy atom. The van der Waals surface area contributed by atoms with Gasteiger partial charge in [0, 0.05) is 30.8 Å². The predicted molar refractivity (Wildman–Crippen MR) is 108 cm³/mol. The van der Waals surface area contributed by atoms with Crippen LogP contribution in [0.5, 0.6) is 0 Å². The number of nitrogens with zero attached hydrogens (tertiary/aromatic N) is 4. The van der Waals surface area contributed by atoms with Gasteiger partial charge in [0.05, 0.1) is 12.2 Å². The summed E-state index contributed by atoms with van der Waals surface area (Å²) in [6.07, 6.45) is 2.06. The SMILES string of the molecule is CC(=O)N1c2ccc(-c3cn(CCCN)nn3)cc2[C@H](NC(=O)O)C[C@@H]1C.Cl. The second kappa shape index (κ2) is 9.03. The molecule has 2 heterocycles. The van der Waals surface area contributed by atoms with E-state index in [0.29, 0.717) is 25.2 Å². The molecule has 4 N–H and O–H groups in total. The van der Waals surface area contributed by atoms with Gasteiger partial charge in [-0.1, -0.05) is 11.3 Å². The van der Waals surface area contributed by atoms with Gasteiger partial charge in [-0.05, 0) is 44.0 Å². The van der Waals surface area contributed by atoms with Crippen molar-refractivity contribution in [1.29, 1.82) is 0 Å². The van der Waals surface area contributed by atoms with E-state index in [4.69, 9.17) is 5.73 Å². The molecule has 1 aromatic carbocycles. The Hall–Kier alpha value is -2.65. The number of amides is 2. The van der Waals surface area contributed by atoms with Gasteiger partial charge in [0.25, 0.3) is 0 Å². The first-order valence-corrected chi connectivity index (χ1v) is 8.94. The summed E-state index contributed by atoms with van der Waals surface area (Å²) in [6.45, 7) is 4.70. The van der Waals surface area contributed by atoms with Gasteiger partial charge in [0.1, 0.15) is 5.69 Å². The maximum absolute atomic E-state index is 12.1. The van der Waals surface area contributed by atoms with E-state index < -0.39 is 12.1 Å². The molecule has 2 aromatic rings. The Morgan fingerprint density at radius 3 is 2.79 bits per heavy atom. The number of carbonyl (C=O) groups is 2. The molecule has 1 aromatic heterocycles. The molecule has 0 saturated carbocycles. The van der Waals surface area contributed by atoms with Gasteiger partial charge in [-0.15, -0.1) is 17.5 Å². The number of fused-ring (bicyclic) bond motifs is 1. The van der Waals surface area contributed by atoms with Crippen molar-refractivity contribution in [2.24, 2.45) is 5.73 Å². The van der Waals surface area contributed by atoms with Gasteiger partial charge in [0.2, 0.25) is 5.91 Å². The summed E-state index contributed by atoms with van der Waals surface area (Å²) in [4.78, 5) is 25.0. The van der Waals surface area contributed by atoms with Crippen LogP contribution in [0.15, 0.2) is 24.4 Å². The molecular formula is C18H25ClN6O3. The monoisotopic (exact) mass is 408 g/mol. The Kier molecular flexibility index (Phi) is 6.98. The molecule has 0 spiro atoms. The summed E-state index contributed by atoms with van der Waals surface area (Å²) in [6, 6.07) is 5.11. The minimum absolute atomic E-state index is 0. The molecule has 1 aliphatic heterocycles. The summed E-state index contributed by atoms with van der Waals surface area (Å²) < 4.78 is 1.73. The summed E-state index contributed by atoms with van der Waals surface area (Å²) >= 11 is 0. The van der Waals surface area contributed by atoms with Crippen LogP contribution >= 0.6 is 12.4 Å². The van der Waals surface area contributed by atoms with E-state index in [-0.39, 0.29) is 24.4 Å². The first-order chi connectivity index (χ1) is 12.9. The van der Waals surface area contributed by atoms with Gasteiger partial charge in [0.15, 0.2) is 0 Å². The molecular weight excluding hydrogens is 384 g/mol. The number of hydrogen-bond donors (Lipinski definition) is 3. The third-order valence-electron chi connectivity index (χ3n) is 4.74. The van der Waals surface area contributed by atoms with Crippen molar-refractivity contribution in [1.82, 2.24) is 20.3 Å². The summed E-state index contributed by atoms with van der Waals surface area (Å²) in [5, 5.41) is 20.1. The number of nitrogens with two attached hydrogens (primary N) is 1. The van der Waals surface area contributed by atoms with E-state index in [0.717, 1.165) is 23.2 Å². The molecule has 28 heavy (non-hydrogen) atoms. The average molecular weight is 409 g/mol. The van der Waals surface area contributed by atoms with E-state index in [1.165, 1.54) is 6.92 Å². The van der Waals surface area contributed by atoms with Crippen molar-refractivity contribution in [2.45, 2.75) is 45.3 Å². The third-order valence-corrected chi connectivity index (χ3v) is 4.74. The summed E-state index contributed by atoms with van der Waals surface area (Å²) in [5.41, 5.74) is 8.52. The Labute approximate surface area is 169 Å². The molecule has 0 saturated heterocycles. The fourth-order valence-electron chi connectivity index (χ4n) is 3.58. The molecule has 0 unspecified atom stereocenters. The number of anilines is 1.